The molecule has 0 spiro atoms. The Morgan fingerprint density at radius 1 is 1.33 bits per heavy atom. The summed E-state index contributed by atoms with van der Waals surface area (Å²) in [6.45, 7) is 4.33. The number of hydrogen-bond acceptors (Lipinski definition) is 1. The van der Waals surface area contributed by atoms with Crippen molar-refractivity contribution in [1.29, 1.82) is 0 Å². The molecule has 0 radical (unpaired) electrons. The van der Waals surface area contributed by atoms with Crippen LogP contribution in [0.4, 0.5) is 0 Å². The summed E-state index contributed by atoms with van der Waals surface area (Å²) in [5.41, 5.74) is 1.41. The van der Waals surface area contributed by atoms with Crippen LogP contribution < -0.4 is 0 Å². The van der Waals surface area contributed by atoms with Crippen LogP contribution in [0.3, 0.4) is 0 Å². The van der Waals surface area contributed by atoms with Crippen molar-refractivity contribution in [1.82, 2.24) is 0 Å². The van der Waals surface area contributed by atoms with Crippen LogP contribution in [-0.4, -0.2) is 0 Å². The first-order valence-electron chi connectivity index (χ1n) is 3.96. The Balaban J connectivity index is 2.28. The van der Waals surface area contributed by atoms with E-state index in [0.717, 1.165) is 0 Å². The maximum Gasteiger partial charge on any atom is 0.00552 e. The largest absolute Gasteiger partial charge is 0.185 e. The zero-order valence-corrected chi connectivity index (χ0v) is 8.95. The van der Waals surface area contributed by atoms with Crippen LogP contribution in [0.25, 0.3) is 0 Å². The van der Waals surface area contributed by atoms with Crippen molar-refractivity contribution >= 4 is 22.2 Å². The second-order valence-electron chi connectivity index (χ2n) is 3.01. The van der Waals surface area contributed by atoms with E-state index in [0.29, 0.717) is 0 Å². The van der Waals surface area contributed by atoms with Gasteiger partial charge in [-0.25, -0.2) is 0 Å². The molecule has 1 aliphatic heterocycles. The first-order valence-corrected chi connectivity index (χ1v) is 6.32. The third-order valence-electron chi connectivity index (χ3n) is 1.86. The molecule has 1 aromatic rings. The third kappa shape index (κ3) is 1.50. The van der Waals surface area contributed by atoms with Crippen LogP contribution in [0.2, 0.25) is 0 Å². The molecule has 2 heteroatoms. The van der Waals surface area contributed by atoms with E-state index in [1.165, 1.54) is 15.3 Å². The van der Waals surface area contributed by atoms with Gasteiger partial charge in [0.1, 0.15) is 0 Å². The van der Waals surface area contributed by atoms with E-state index in [-0.39, 0.29) is 10.9 Å². The predicted molar refractivity (Wildman–Crippen MR) is 59.2 cm³/mol. The van der Waals surface area contributed by atoms with Gasteiger partial charge in [-0.3, -0.25) is 0 Å². The first kappa shape index (κ1) is 8.14. The maximum absolute atomic E-state index is 2.37. The van der Waals surface area contributed by atoms with Gasteiger partial charge in [0.15, 0.2) is 0 Å². The molecule has 1 aliphatic rings. The van der Waals surface area contributed by atoms with Crippen LogP contribution >= 0.6 is 22.2 Å². The minimum absolute atomic E-state index is 0.0909. The van der Waals surface area contributed by atoms with Gasteiger partial charge < -0.3 is 0 Å². The SMILES string of the molecule is CC1=C[SH](c2csc(C)c2)C=C1. The molecule has 2 rings (SSSR count). The molecule has 12 heavy (non-hydrogen) atoms. The van der Waals surface area contributed by atoms with Gasteiger partial charge in [0, 0.05) is 15.2 Å². The number of thiol groups is 1. The second kappa shape index (κ2) is 3.11. The molecule has 64 valence electrons. The van der Waals surface area contributed by atoms with Gasteiger partial charge in [0.2, 0.25) is 0 Å². The lowest BCUT2D eigenvalue weighted by atomic mass is 10.4. The van der Waals surface area contributed by atoms with Crippen molar-refractivity contribution in [3.63, 3.8) is 0 Å². The lowest BCUT2D eigenvalue weighted by molar-refractivity contribution is 1.51. The lowest BCUT2D eigenvalue weighted by Gasteiger charge is -2.05. The van der Waals surface area contributed by atoms with Gasteiger partial charge in [-0.1, -0.05) is 6.08 Å². The number of thiophene rings is 1. The molecule has 1 atom stereocenters. The van der Waals surface area contributed by atoms with Crippen LogP contribution in [0, 0.1) is 6.92 Å². The smallest absolute Gasteiger partial charge is 0.00552 e. The molecule has 0 aromatic carbocycles. The van der Waals surface area contributed by atoms with Crippen molar-refractivity contribution in [3.05, 3.63) is 38.8 Å². The molecule has 0 nitrogen and oxygen atoms in total. The fourth-order valence-corrected chi connectivity index (χ4v) is 4.20. The average molecular weight is 196 g/mol. The summed E-state index contributed by atoms with van der Waals surface area (Å²) in [5, 5.41) is 6.98. The zero-order chi connectivity index (χ0) is 8.55. The summed E-state index contributed by atoms with van der Waals surface area (Å²) < 4.78 is 0. The Morgan fingerprint density at radius 3 is 2.67 bits per heavy atom. The number of allylic oxidation sites excluding steroid dienone is 2. The van der Waals surface area contributed by atoms with Crippen LogP contribution in [-0.2, 0) is 0 Å². The minimum atomic E-state index is -0.0909. The highest BCUT2D eigenvalue weighted by molar-refractivity contribution is 8.22. The minimum Gasteiger partial charge on any atom is -0.185 e. The molecule has 0 aliphatic carbocycles. The van der Waals surface area contributed by atoms with Gasteiger partial charge in [-0.05, 0) is 36.3 Å². The van der Waals surface area contributed by atoms with Crippen LogP contribution in [0.15, 0.2) is 38.8 Å². The Morgan fingerprint density at radius 2 is 2.17 bits per heavy atom. The highest BCUT2D eigenvalue weighted by atomic mass is 32.2. The van der Waals surface area contributed by atoms with E-state index < -0.39 is 0 Å². The Labute approximate surface area is 80.0 Å². The molecular weight excluding hydrogens is 184 g/mol. The first-order chi connectivity index (χ1) is 5.75. The second-order valence-corrected chi connectivity index (χ2v) is 6.01. The molecule has 2 heterocycles. The summed E-state index contributed by atoms with van der Waals surface area (Å²) in [4.78, 5) is 2.92. The molecule has 0 fully saturated rings. The topological polar surface area (TPSA) is 0 Å². The van der Waals surface area contributed by atoms with Crippen LogP contribution in [0.1, 0.15) is 11.8 Å². The normalized spacial score (nSPS) is 24.5. The van der Waals surface area contributed by atoms with Gasteiger partial charge in [-0.15, -0.1) is 11.3 Å². The number of hydrogen-bond donors (Lipinski definition) is 1. The van der Waals surface area contributed by atoms with E-state index in [4.69, 9.17) is 0 Å². The number of aryl methyl sites for hydroxylation is 1. The fourth-order valence-electron chi connectivity index (χ4n) is 1.23. The molecule has 0 saturated heterocycles. The summed E-state index contributed by atoms with van der Waals surface area (Å²) in [6.07, 6.45) is 2.22. The third-order valence-corrected chi connectivity index (χ3v) is 4.90. The fraction of sp³-hybridized carbons (Fsp3) is 0.200. The molecule has 0 amide bonds. The molecule has 0 saturated carbocycles. The average Bonchev–Trinajstić information content (AvgIpc) is 2.58. The zero-order valence-electron chi connectivity index (χ0n) is 7.24. The number of rotatable bonds is 1. The quantitative estimate of drug-likeness (QED) is 0.648. The van der Waals surface area contributed by atoms with Crippen molar-refractivity contribution in [2.24, 2.45) is 0 Å². The summed E-state index contributed by atoms with van der Waals surface area (Å²) in [7, 11) is -0.0909. The maximum atomic E-state index is 2.37. The van der Waals surface area contributed by atoms with Gasteiger partial charge >= 0.3 is 0 Å². The molecule has 0 bridgehead atoms. The monoisotopic (exact) mass is 196 g/mol. The van der Waals surface area contributed by atoms with E-state index in [1.54, 1.807) is 0 Å². The van der Waals surface area contributed by atoms with Crippen molar-refractivity contribution in [3.8, 4) is 0 Å². The summed E-state index contributed by atoms with van der Waals surface area (Å²) >= 11 is 1.85. The summed E-state index contributed by atoms with van der Waals surface area (Å²) in [6, 6.07) is 2.30. The predicted octanol–water partition coefficient (Wildman–Crippen LogP) is 3.85. The molecule has 0 N–H and O–H groups in total. The standard InChI is InChI=1S/C10H12S2/c1-8-3-4-12(7-8)10-5-9(2)11-6-10/h3-7,12H,1-2H3. The van der Waals surface area contributed by atoms with E-state index in [1.807, 2.05) is 11.3 Å². The van der Waals surface area contributed by atoms with E-state index >= 15 is 0 Å². The Hall–Kier alpha value is -0.470. The van der Waals surface area contributed by atoms with Crippen molar-refractivity contribution < 1.29 is 0 Å². The van der Waals surface area contributed by atoms with Crippen molar-refractivity contribution in [2.45, 2.75) is 18.7 Å². The lowest BCUT2D eigenvalue weighted by Crippen LogP contribution is -1.66. The van der Waals surface area contributed by atoms with Gasteiger partial charge in [-0.2, -0.15) is 10.9 Å². The van der Waals surface area contributed by atoms with Gasteiger partial charge in [0.25, 0.3) is 0 Å². The van der Waals surface area contributed by atoms with E-state index in [9.17, 15) is 0 Å². The molecule has 1 aromatic heterocycles. The van der Waals surface area contributed by atoms with Crippen molar-refractivity contribution in [2.75, 3.05) is 0 Å². The van der Waals surface area contributed by atoms with Crippen LogP contribution in [0.5, 0.6) is 0 Å². The van der Waals surface area contributed by atoms with E-state index in [2.05, 4.69) is 42.2 Å². The molecular formula is C10H12S2. The van der Waals surface area contributed by atoms with Gasteiger partial charge in [0.05, 0.1) is 0 Å². The Kier molecular flexibility index (Phi) is 2.11. The highest BCUT2D eigenvalue weighted by Gasteiger charge is 2.06. The summed E-state index contributed by atoms with van der Waals surface area (Å²) in [5.74, 6) is 0. The Bertz CT molecular complexity index is 344. The highest BCUT2D eigenvalue weighted by Crippen LogP contribution is 2.45. The molecule has 1 unspecified atom stereocenters.